The predicted molar refractivity (Wildman–Crippen MR) is 39.6 cm³/mol. The molecule has 0 aliphatic carbocycles. The SMILES string of the molecule is CN.CP.NP. The molecule has 4 heteroatoms. The Bertz CT molecular complexity index is 9.51. The van der Waals surface area contributed by atoms with E-state index >= 15 is 0 Å². The second-order valence-electron chi connectivity index (χ2n) is 0. The molecular formula is C2H14N2P2. The molecule has 0 aliphatic rings. The maximum Gasteiger partial charge on any atom is -0.0195 e. The molecule has 0 saturated heterocycles. The van der Waals surface area contributed by atoms with E-state index in [1.807, 2.05) is 16.1 Å². The second-order valence-corrected chi connectivity index (χ2v) is 0. The second kappa shape index (κ2) is 217. The fourth-order valence-corrected chi connectivity index (χ4v) is 0. The molecule has 4 N–H and O–H groups in total. The van der Waals surface area contributed by atoms with Crippen LogP contribution in [0.3, 0.4) is 0 Å². The smallest absolute Gasteiger partial charge is 0.0195 e. The molecule has 0 aromatic rings. The fraction of sp³-hybridized carbons (Fsp3) is 1.00. The molecule has 0 heterocycles. The van der Waals surface area contributed by atoms with E-state index in [1.54, 1.807) is 0 Å². The number of hydrogen-bond acceptors (Lipinski definition) is 2. The molecule has 0 spiro atoms. The number of nitrogens with two attached hydrogens (primary N) is 2. The molecule has 0 aromatic heterocycles. The molecule has 0 aliphatic heterocycles. The summed E-state index contributed by atoms with van der Waals surface area (Å²) in [5, 5.41) is 0. The zero-order valence-corrected chi connectivity index (χ0v) is 6.62. The number of hydrogen-bond donors (Lipinski definition) is 2. The van der Waals surface area contributed by atoms with Crippen molar-refractivity contribution >= 4 is 18.6 Å². The molecule has 2 unspecified atom stereocenters. The lowest BCUT2D eigenvalue weighted by Crippen LogP contribution is -1.69. The van der Waals surface area contributed by atoms with Gasteiger partial charge in [-0.3, -0.25) is 0 Å². The van der Waals surface area contributed by atoms with Gasteiger partial charge in [-0.1, -0.05) is 16.1 Å². The zero-order chi connectivity index (χ0) is 6.00. The summed E-state index contributed by atoms with van der Waals surface area (Å²) in [6.07, 6.45) is 0. The van der Waals surface area contributed by atoms with Crippen LogP contribution in [0.2, 0.25) is 0 Å². The largest absolute Gasteiger partial charge is 0.333 e. The highest BCUT2D eigenvalue weighted by Gasteiger charge is 0.906. The molecule has 0 amide bonds. The van der Waals surface area contributed by atoms with Gasteiger partial charge in [-0.25, -0.2) is 0 Å². The van der Waals surface area contributed by atoms with Crippen LogP contribution >= 0.6 is 18.6 Å². The van der Waals surface area contributed by atoms with E-state index in [0.717, 1.165) is 0 Å². The molecular weight excluding hydrogens is 114 g/mol. The average Bonchev–Trinajstić information content (AvgIpc) is 1.81. The third kappa shape index (κ3) is 112. The van der Waals surface area contributed by atoms with Crippen LogP contribution in [0.4, 0.5) is 0 Å². The molecule has 6 heavy (non-hydrogen) atoms. The Morgan fingerprint density at radius 3 is 1.00 bits per heavy atom. The highest BCUT2D eigenvalue weighted by Crippen LogP contribution is 1.46. The fourth-order valence-electron chi connectivity index (χ4n) is 0. The van der Waals surface area contributed by atoms with Crippen molar-refractivity contribution in [1.29, 1.82) is 0 Å². The van der Waals surface area contributed by atoms with Crippen molar-refractivity contribution in [3.8, 4) is 0 Å². The first kappa shape index (κ1) is 15.9. The number of rotatable bonds is 0. The van der Waals surface area contributed by atoms with E-state index in [-0.39, 0.29) is 0 Å². The first-order chi connectivity index (χ1) is 3.00. The van der Waals surface area contributed by atoms with Gasteiger partial charge >= 0.3 is 0 Å². The highest BCUT2D eigenvalue weighted by atomic mass is 31.0. The summed E-state index contributed by atoms with van der Waals surface area (Å²) in [5.41, 5.74) is 8.92. The van der Waals surface area contributed by atoms with Crippen molar-refractivity contribution in [3.63, 3.8) is 0 Å². The Kier molecular flexibility index (Phi) is 574. The van der Waals surface area contributed by atoms with E-state index in [0.29, 0.717) is 0 Å². The summed E-state index contributed by atoms with van der Waals surface area (Å²) in [6.45, 7) is 1.92. The first-order valence-electron chi connectivity index (χ1n) is 1.49. The van der Waals surface area contributed by atoms with Gasteiger partial charge in [0.25, 0.3) is 0 Å². The van der Waals surface area contributed by atoms with Crippen molar-refractivity contribution < 1.29 is 0 Å². The van der Waals surface area contributed by atoms with Gasteiger partial charge in [0.2, 0.25) is 0 Å². The van der Waals surface area contributed by atoms with Gasteiger partial charge in [0, 0.05) is 0 Å². The molecule has 42 valence electrons. The lowest BCUT2D eigenvalue weighted by Gasteiger charge is -1.20. The predicted octanol–water partition coefficient (Wildman–Crippen LogP) is -0.199. The topological polar surface area (TPSA) is 52.0 Å². The minimum absolute atomic E-state index is 1.50. The lowest BCUT2D eigenvalue weighted by molar-refractivity contribution is 1.48. The van der Waals surface area contributed by atoms with Crippen LogP contribution in [0.15, 0.2) is 0 Å². The van der Waals surface area contributed by atoms with Crippen molar-refractivity contribution in [3.05, 3.63) is 0 Å². The summed E-state index contributed by atoms with van der Waals surface area (Å²) < 4.78 is 0. The van der Waals surface area contributed by atoms with Crippen molar-refractivity contribution in [2.45, 2.75) is 0 Å². The molecule has 0 bridgehead atoms. The van der Waals surface area contributed by atoms with Crippen LogP contribution in [-0.4, -0.2) is 13.7 Å². The van der Waals surface area contributed by atoms with Gasteiger partial charge in [-0.2, -0.15) is 0 Å². The Morgan fingerprint density at radius 2 is 1.00 bits per heavy atom. The van der Waals surface area contributed by atoms with Gasteiger partial charge in [0.1, 0.15) is 0 Å². The van der Waals surface area contributed by atoms with E-state index in [2.05, 4.69) is 20.5 Å². The van der Waals surface area contributed by atoms with Crippen molar-refractivity contribution in [1.82, 2.24) is 0 Å². The molecule has 2 nitrogen and oxygen atoms in total. The van der Waals surface area contributed by atoms with Crippen LogP contribution < -0.4 is 11.2 Å². The monoisotopic (exact) mass is 128 g/mol. The van der Waals surface area contributed by atoms with Crippen molar-refractivity contribution in [2.24, 2.45) is 11.2 Å². The Balaban J connectivity index is -0.0000000225. The van der Waals surface area contributed by atoms with E-state index < -0.39 is 0 Å². The maximum absolute atomic E-state index is 4.50. The molecule has 0 rings (SSSR count). The van der Waals surface area contributed by atoms with E-state index in [9.17, 15) is 0 Å². The van der Waals surface area contributed by atoms with Crippen LogP contribution in [-0.2, 0) is 0 Å². The normalized spacial score (nSPS) is 3.00. The van der Waals surface area contributed by atoms with Crippen LogP contribution in [0.25, 0.3) is 0 Å². The minimum Gasteiger partial charge on any atom is -0.333 e. The Hall–Kier alpha value is 0.780. The summed E-state index contributed by atoms with van der Waals surface area (Å²) in [5.74, 6) is 0. The van der Waals surface area contributed by atoms with Gasteiger partial charge < -0.3 is 11.2 Å². The van der Waals surface area contributed by atoms with Gasteiger partial charge in [0.05, 0.1) is 0 Å². The van der Waals surface area contributed by atoms with E-state index in [1.165, 1.54) is 7.05 Å². The molecule has 0 radical (unpaired) electrons. The molecule has 0 saturated carbocycles. The highest BCUT2D eigenvalue weighted by molar-refractivity contribution is 7.15. The summed E-state index contributed by atoms with van der Waals surface area (Å²) in [6, 6.07) is 0. The molecule has 2 atom stereocenters. The maximum atomic E-state index is 4.50. The quantitative estimate of drug-likeness (QED) is 0.444. The minimum atomic E-state index is 1.50. The summed E-state index contributed by atoms with van der Waals surface area (Å²) in [7, 11) is 5.83. The summed E-state index contributed by atoms with van der Waals surface area (Å²) >= 11 is 0. The third-order valence-electron chi connectivity index (χ3n) is 0. The average molecular weight is 128 g/mol. The van der Waals surface area contributed by atoms with Gasteiger partial charge in [-0.15, -0.1) is 9.24 Å². The molecule has 0 fully saturated rings. The van der Waals surface area contributed by atoms with Gasteiger partial charge in [-0.05, 0) is 7.05 Å². The van der Waals surface area contributed by atoms with Crippen LogP contribution in [0.1, 0.15) is 0 Å². The van der Waals surface area contributed by atoms with E-state index in [4.69, 9.17) is 0 Å². The van der Waals surface area contributed by atoms with Crippen LogP contribution in [0.5, 0.6) is 0 Å². The standard InChI is InChI=1S/CH5N.CH5P.H4NP/c3*1-2/h2*2H2,1H3;1-2H2. The van der Waals surface area contributed by atoms with Crippen LogP contribution in [0, 0.1) is 0 Å². The Labute approximate surface area is 44.5 Å². The zero-order valence-electron chi connectivity index (χ0n) is 4.31. The molecule has 0 aromatic carbocycles. The Morgan fingerprint density at radius 1 is 1.00 bits per heavy atom. The third-order valence-corrected chi connectivity index (χ3v) is 0. The summed E-state index contributed by atoms with van der Waals surface area (Å²) in [4.78, 5) is 0. The van der Waals surface area contributed by atoms with Crippen molar-refractivity contribution in [2.75, 3.05) is 13.7 Å². The lowest BCUT2D eigenvalue weighted by atomic mass is 11.6. The van der Waals surface area contributed by atoms with Gasteiger partial charge in [0.15, 0.2) is 0 Å². The first-order valence-corrected chi connectivity index (χ1v) is 3.31.